The SMILES string of the molecule is CS(=O)(=O)N1CCC[C@H](C(=O)NCCC2CCCCCC2)C1. The van der Waals surface area contributed by atoms with Crippen molar-refractivity contribution in [1.29, 1.82) is 0 Å². The van der Waals surface area contributed by atoms with Gasteiger partial charge in [0.05, 0.1) is 12.2 Å². The van der Waals surface area contributed by atoms with Crippen LogP contribution < -0.4 is 5.32 Å². The molecule has 1 aliphatic heterocycles. The molecule has 0 spiro atoms. The average molecular weight is 330 g/mol. The van der Waals surface area contributed by atoms with Crippen molar-refractivity contribution in [2.24, 2.45) is 11.8 Å². The van der Waals surface area contributed by atoms with Gasteiger partial charge in [0.25, 0.3) is 0 Å². The molecule has 1 N–H and O–H groups in total. The summed E-state index contributed by atoms with van der Waals surface area (Å²) in [6.45, 7) is 1.62. The number of piperidine rings is 1. The molecular formula is C16H30N2O3S. The number of nitrogens with zero attached hydrogens (tertiary/aromatic N) is 1. The first kappa shape index (κ1) is 17.7. The highest BCUT2D eigenvalue weighted by Crippen LogP contribution is 2.25. The summed E-state index contributed by atoms with van der Waals surface area (Å²) in [7, 11) is -3.18. The van der Waals surface area contributed by atoms with Crippen LogP contribution in [-0.2, 0) is 14.8 Å². The summed E-state index contributed by atoms with van der Waals surface area (Å²) in [4.78, 5) is 12.2. The van der Waals surface area contributed by atoms with E-state index in [-0.39, 0.29) is 11.8 Å². The van der Waals surface area contributed by atoms with Gasteiger partial charge in [-0.05, 0) is 25.2 Å². The molecule has 2 fully saturated rings. The van der Waals surface area contributed by atoms with E-state index < -0.39 is 10.0 Å². The number of sulfonamides is 1. The minimum absolute atomic E-state index is 0.0296. The smallest absolute Gasteiger partial charge is 0.224 e. The van der Waals surface area contributed by atoms with Crippen molar-refractivity contribution in [2.45, 2.75) is 57.8 Å². The second-order valence-corrected chi connectivity index (χ2v) is 8.88. The molecule has 6 heteroatoms. The van der Waals surface area contributed by atoms with Gasteiger partial charge in [0.1, 0.15) is 0 Å². The quantitative estimate of drug-likeness (QED) is 0.785. The topological polar surface area (TPSA) is 66.5 Å². The van der Waals surface area contributed by atoms with Crippen LogP contribution in [0.3, 0.4) is 0 Å². The Labute approximate surface area is 134 Å². The van der Waals surface area contributed by atoms with Crippen LogP contribution >= 0.6 is 0 Å². The van der Waals surface area contributed by atoms with Gasteiger partial charge in [-0.15, -0.1) is 0 Å². The third-order valence-electron chi connectivity index (χ3n) is 5.05. The normalized spacial score (nSPS) is 25.6. The van der Waals surface area contributed by atoms with Crippen LogP contribution in [-0.4, -0.2) is 44.5 Å². The van der Waals surface area contributed by atoms with Gasteiger partial charge in [-0.1, -0.05) is 38.5 Å². The molecule has 1 saturated carbocycles. The summed E-state index contributed by atoms with van der Waals surface area (Å²) in [5, 5.41) is 3.03. The van der Waals surface area contributed by atoms with Gasteiger partial charge >= 0.3 is 0 Å². The highest BCUT2D eigenvalue weighted by atomic mass is 32.2. The highest BCUT2D eigenvalue weighted by molar-refractivity contribution is 7.88. The molecule has 1 heterocycles. The van der Waals surface area contributed by atoms with Crippen LogP contribution in [0.15, 0.2) is 0 Å². The summed E-state index contributed by atoms with van der Waals surface area (Å²) in [6, 6.07) is 0. The van der Waals surface area contributed by atoms with Crippen molar-refractivity contribution in [3.05, 3.63) is 0 Å². The van der Waals surface area contributed by atoms with Crippen LogP contribution in [0.4, 0.5) is 0 Å². The van der Waals surface area contributed by atoms with Crippen molar-refractivity contribution in [3.8, 4) is 0 Å². The summed E-state index contributed by atoms with van der Waals surface area (Å²) in [6.07, 6.45) is 11.8. The van der Waals surface area contributed by atoms with Gasteiger partial charge in [0.15, 0.2) is 0 Å². The van der Waals surface area contributed by atoms with Crippen LogP contribution in [0.1, 0.15) is 57.8 Å². The monoisotopic (exact) mass is 330 g/mol. The number of nitrogens with one attached hydrogen (secondary N) is 1. The molecule has 22 heavy (non-hydrogen) atoms. The fourth-order valence-corrected chi connectivity index (χ4v) is 4.57. The van der Waals surface area contributed by atoms with Crippen LogP contribution in [0.25, 0.3) is 0 Å². The van der Waals surface area contributed by atoms with E-state index in [4.69, 9.17) is 0 Å². The van der Waals surface area contributed by atoms with Gasteiger partial charge in [0, 0.05) is 19.6 Å². The van der Waals surface area contributed by atoms with E-state index in [9.17, 15) is 13.2 Å². The second kappa shape index (κ2) is 8.29. The molecule has 2 rings (SSSR count). The van der Waals surface area contributed by atoms with Crippen LogP contribution in [0.5, 0.6) is 0 Å². The molecule has 0 aromatic rings. The fourth-order valence-electron chi connectivity index (χ4n) is 3.65. The maximum Gasteiger partial charge on any atom is 0.224 e. The summed E-state index contributed by atoms with van der Waals surface area (Å²) >= 11 is 0. The first-order valence-electron chi connectivity index (χ1n) is 8.69. The number of amides is 1. The standard InChI is InChI=1S/C16H30N2O3S/c1-22(20,21)18-12-6-9-15(13-18)16(19)17-11-10-14-7-4-2-3-5-8-14/h14-15H,2-13H2,1H3,(H,17,19)/t15-/m0/s1. The van der Waals surface area contributed by atoms with Gasteiger partial charge in [-0.2, -0.15) is 0 Å². The van der Waals surface area contributed by atoms with Crippen LogP contribution in [0.2, 0.25) is 0 Å². The third-order valence-corrected chi connectivity index (χ3v) is 6.32. The lowest BCUT2D eigenvalue weighted by molar-refractivity contribution is -0.126. The molecule has 0 radical (unpaired) electrons. The van der Waals surface area contributed by atoms with Gasteiger partial charge in [-0.25, -0.2) is 12.7 Å². The zero-order valence-corrected chi connectivity index (χ0v) is 14.5. The molecule has 0 aromatic carbocycles. The van der Waals surface area contributed by atoms with E-state index in [1.54, 1.807) is 0 Å². The molecule has 128 valence electrons. The van der Waals surface area contributed by atoms with Crippen LogP contribution in [0, 0.1) is 11.8 Å². The Morgan fingerprint density at radius 2 is 1.77 bits per heavy atom. The summed E-state index contributed by atoms with van der Waals surface area (Å²) < 4.78 is 24.6. The van der Waals surface area contributed by atoms with Crippen molar-refractivity contribution < 1.29 is 13.2 Å². The molecule has 2 aliphatic rings. The minimum Gasteiger partial charge on any atom is -0.356 e. The van der Waals surface area contributed by atoms with Crippen molar-refractivity contribution in [3.63, 3.8) is 0 Å². The number of hydrogen-bond acceptors (Lipinski definition) is 3. The van der Waals surface area contributed by atoms with Crippen molar-refractivity contribution in [1.82, 2.24) is 9.62 Å². The fraction of sp³-hybridized carbons (Fsp3) is 0.938. The number of carbonyl (C=O) groups excluding carboxylic acids is 1. The Morgan fingerprint density at radius 1 is 1.09 bits per heavy atom. The predicted octanol–water partition coefficient (Wildman–Crippen LogP) is 2.13. The largest absolute Gasteiger partial charge is 0.356 e. The van der Waals surface area contributed by atoms with Gasteiger partial charge in [0.2, 0.25) is 15.9 Å². The third kappa shape index (κ3) is 5.54. The molecule has 0 unspecified atom stereocenters. The van der Waals surface area contributed by atoms with Gasteiger partial charge in [-0.3, -0.25) is 4.79 Å². The summed E-state index contributed by atoms with van der Waals surface area (Å²) in [5.74, 6) is 0.598. The number of hydrogen-bond donors (Lipinski definition) is 1. The Morgan fingerprint density at radius 3 is 2.41 bits per heavy atom. The van der Waals surface area contributed by atoms with E-state index in [1.165, 1.54) is 49.1 Å². The minimum atomic E-state index is -3.18. The van der Waals surface area contributed by atoms with E-state index in [2.05, 4.69) is 5.32 Å². The molecule has 1 saturated heterocycles. The Kier molecular flexibility index (Phi) is 6.68. The van der Waals surface area contributed by atoms with E-state index >= 15 is 0 Å². The number of rotatable bonds is 5. The van der Waals surface area contributed by atoms with E-state index in [0.29, 0.717) is 13.1 Å². The second-order valence-electron chi connectivity index (χ2n) is 6.90. The van der Waals surface area contributed by atoms with E-state index in [0.717, 1.165) is 31.7 Å². The first-order chi connectivity index (χ1) is 10.5. The Hall–Kier alpha value is -0.620. The molecule has 5 nitrogen and oxygen atoms in total. The zero-order valence-electron chi connectivity index (χ0n) is 13.7. The Balaban J connectivity index is 1.72. The number of carbonyl (C=O) groups is 1. The van der Waals surface area contributed by atoms with Gasteiger partial charge < -0.3 is 5.32 Å². The first-order valence-corrected chi connectivity index (χ1v) is 10.5. The van der Waals surface area contributed by atoms with E-state index in [1.807, 2.05) is 0 Å². The van der Waals surface area contributed by atoms with Crippen molar-refractivity contribution >= 4 is 15.9 Å². The molecular weight excluding hydrogens is 300 g/mol. The molecule has 0 bridgehead atoms. The predicted molar refractivity (Wildman–Crippen MR) is 88.0 cm³/mol. The van der Waals surface area contributed by atoms with Crippen molar-refractivity contribution in [2.75, 3.05) is 25.9 Å². The molecule has 1 aliphatic carbocycles. The molecule has 1 amide bonds. The lowest BCUT2D eigenvalue weighted by atomic mass is 9.96. The lowest BCUT2D eigenvalue weighted by Gasteiger charge is -2.30. The maximum atomic E-state index is 12.2. The zero-order chi connectivity index (χ0) is 16.0. The lowest BCUT2D eigenvalue weighted by Crippen LogP contribution is -2.45. The average Bonchev–Trinajstić information content (AvgIpc) is 2.75. The molecule has 0 aromatic heterocycles. The maximum absolute atomic E-state index is 12.2. The highest BCUT2D eigenvalue weighted by Gasteiger charge is 2.30. The summed E-state index contributed by atoms with van der Waals surface area (Å²) in [5.41, 5.74) is 0. The Bertz CT molecular complexity index is 456. The molecule has 1 atom stereocenters.